The fourth-order valence-electron chi connectivity index (χ4n) is 3.54. The molecular formula is C19H20F3N3O5. The first-order chi connectivity index (χ1) is 14.2. The number of aromatic nitrogens is 2. The summed E-state index contributed by atoms with van der Waals surface area (Å²) >= 11 is 0. The van der Waals surface area contributed by atoms with Crippen LogP contribution in [0, 0.1) is 10.1 Å². The third-order valence-electron chi connectivity index (χ3n) is 5.12. The standard InChI is InChI=1S/C12H15F3N2.C7H5NO5/c13-12(14,15)11-16-9-6-1-2-7-10(9)17(11)8-4-3-5-8;9-7(10)13-6-3-1-5(2-4-6)8(11)12/h8H,1-7H2;1-4H,(H,9,10). The molecule has 0 radical (unpaired) electrons. The highest BCUT2D eigenvalue weighted by Gasteiger charge is 2.41. The smallest absolute Gasteiger partial charge is 0.449 e. The van der Waals surface area contributed by atoms with E-state index in [1.54, 1.807) is 0 Å². The molecule has 0 spiro atoms. The van der Waals surface area contributed by atoms with Crippen LogP contribution in [0.5, 0.6) is 5.75 Å². The highest BCUT2D eigenvalue weighted by atomic mass is 19.4. The van der Waals surface area contributed by atoms with Crippen LogP contribution in [0.3, 0.4) is 0 Å². The number of halogens is 3. The van der Waals surface area contributed by atoms with Crippen LogP contribution in [0.15, 0.2) is 24.3 Å². The second-order valence-electron chi connectivity index (χ2n) is 7.11. The van der Waals surface area contributed by atoms with Gasteiger partial charge in [0.15, 0.2) is 0 Å². The molecule has 1 fully saturated rings. The Labute approximate surface area is 169 Å². The molecule has 0 unspecified atom stereocenters. The average Bonchev–Trinajstić information content (AvgIpc) is 3.01. The SMILES string of the molecule is FC(F)(F)c1nc2c(n1C1CCC1)CCCC2.O=C(O)Oc1ccc([N+](=O)[O-])cc1. The van der Waals surface area contributed by atoms with Gasteiger partial charge in [-0.1, -0.05) is 0 Å². The van der Waals surface area contributed by atoms with Crippen LogP contribution in [0.25, 0.3) is 0 Å². The fourth-order valence-corrected chi connectivity index (χ4v) is 3.54. The van der Waals surface area contributed by atoms with Crippen LogP contribution in [0.2, 0.25) is 0 Å². The molecule has 2 aliphatic carbocycles. The van der Waals surface area contributed by atoms with Crippen LogP contribution in [-0.4, -0.2) is 25.7 Å². The van der Waals surface area contributed by atoms with Gasteiger partial charge in [0.25, 0.3) is 5.69 Å². The third kappa shape index (κ3) is 4.89. The molecule has 0 bridgehead atoms. The van der Waals surface area contributed by atoms with Gasteiger partial charge in [-0.05, 0) is 57.1 Å². The maximum absolute atomic E-state index is 13.0. The van der Waals surface area contributed by atoms with E-state index in [1.165, 1.54) is 16.7 Å². The number of ether oxygens (including phenoxy) is 1. The Morgan fingerprint density at radius 2 is 1.80 bits per heavy atom. The van der Waals surface area contributed by atoms with Gasteiger partial charge in [0.2, 0.25) is 5.82 Å². The van der Waals surface area contributed by atoms with Gasteiger partial charge in [-0.2, -0.15) is 13.2 Å². The number of hydrogen-bond acceptors (Lipinski definition) is 5. The number of rotatable bonds is 3. The lowest BCUT2D eigenvalue weighted by Crippen LogP contribution is -2.25. The molecule has 0 aliphatic heterocycles. The van der Waals surface area contributed by atoms with Gasteiger partial charge in [0.1, 0.15) is 5.75 Å². The van der Waals surface area contributed by atoms with Crippen LogP contribution in [0.1, 0.15) is 55.4 Å². The van der Waals surface area contributed by atoms with Crippen LogP contribution in [-0.2, 0) is 19.0 Å². The van der Waals surface area contributed by atoms with Gasteiger partial charge < -0.3 is 14.4 Å². The number of alkyl halides is 3. The summed E-state index contributed by atoms with van der Waals surface area (Å²) in [6, 6.07) is 4.80. The first-order valence-electron chi connectivity index (χ1n) is 9.49. The predicted octanol–water partition coefficient (Wildman–Crippen LogP) is 5.16. The van der Waals surface area contributed by atoms with Crippen molar-refractivity contribution in [2.24, 2.45) is 0 Å². The van der Waals surface area contributed by atoms with Crippen molar-refractivity contribution in [1.82, 2.24) is 9.55 Å². The monoisotopic (exact) mass is 427 g/mol. The number of non-ortho nitro benzene ring substituents is 1. The Hall–Kier alpha value is -3.11. The van der Waals surface area contributed by atoms with Crippen molar-refractivity contribution < 1.29 is 32.7 Å². The molecule has 0 atom stereocenters. The van der Waals surface area contributed by atoms with Crippen LogP contribution in [0.4, 0.5) is 23.7 Å². The van der Waals surface area contributed by atoms with Crippen molar-refractivity contribution in [2.45, 2.75) is 57.2 Å². The number of benzene rings is 1. The molecule has 8 nitrogen and oxygen atoms in total. The predicted molar refractivity (Wildman–Crippen MR) is 98.5 cm³/mol. The number of nitrogens with zero attached hydrogens (tertiary/aromatic N) is 3. The van der Waals surface area contributed by atoms with E-state index in [1.807, 2.05) is 0 Å². The second kappa shape index (κ2) is 8.72. The van der Waals surface area contributed by atoms with Crippen molar-refractivity contribution in [3.05, 3.63) is 51.6 Å². The Morgan fingerprint density at radius 1 is 1.17 bits per heavy atom. The molecule has 0 saturated heterocycles. The van der Waals surface area contributed by atoms with Gasteiger partial charge in [-0.3, -0.25) is 10.1 Å². The lowest BCUT2D eigenvalue weighted by Gasteiger charge is -2.31. The Kier molecular flexibility index (Phi) is 6.28. The van der Waals surface area contributed by atoms with Crippen molar-refractivity contribution in [3.8, 4) is 5.75 Å². The normalized spacial score (nSPS) is 16.0. The van der Waals surface area contributed by atoms with E-state index in [9.17, 15) is 28.1 Å². The lowest BCUT2D eigenvalue weighted by atomic mass is 9.91. The summed E-state index contributed by atoms with van der Waals surface area (Å²) in [5.74, 6) is -0.604. The molecule has 1 aromatic heterocycles. The number of fused-ring (bicyclic) bond motifs is 1. The van der Waals surface area contributed by atoms with E-state index in [4.69, 9.17) is 5.11 Å². The summed E-state index contributed by atoms with van der Waals surface area (Å²) < 4.78 is 44.7. The Balaban J connectivity index is 0.000000178. The maximum atomic E-state index is 13.0. The number of hydrogen-bond donors (Lipinski definition) is 1. The molecule has 0 amide bonds. The Bertz CT molecular complexity index is 921. The largest absolute Gasteiger partial charge is 0.511 e. The zero-order valence-corrected chi connectivity index (χ0v) is 15.9. The lowest BCUT2D eigenvalue weighted by molar-refractivity contribution is -0.384. The summed E-state index contributed by atoms with van der Waals surface area (Å²) in [5, 5.41) is 18.4. The third-order valence-corrected chi connectivity index (χ3v) is 5.12. The molecule has 2 aliphatic rings. The summed E-state index contributed by atoms with van der Waals surface area (Å²) in [6.45, 7) is 0. The molecule has 30 heavy (non-hydrogen) atoms. The zero-order valence-electron chi connectivity index (χ0n) is 15.9. The molecule has 162 valence electrons. The molecule has 11 heteroatoms. The first kappa shape index (κ1) is 21.6. The van der Waals surface area contributed by atoms with E-state index < -0.39 is 23.1 Å². The summed E-state index contributed by atoms with van der Waals surface area (Å²) in [7, 11) is 0. The van der Waals surface area contributed by atoms with E-state index in [-0.39, 0.29) is 17.5 Å². The van der Waals surface area contributed by atoms with Crippen molar-refractivity contribution in [1.29, 1.82) is 0 Å². The van der Waals surface area contributed by atoms with Crippen LogP contribution >= 0.6 is 0 Å². The minimum atomic E-state index is -4.31. The number of aryl methyl sites for hydroxylation is 1. The Morgan fingerprint density at radius 3 is 2.30 bits per heavy atom. The van der Waals surface area contributed by atoms with E-state index >= 15 is 0 Å². The highest BCUT2D eigenvalue weighted by Crippen LogP contribution is 2.41. The fraction of sp³-hybridized carbons (Fsp3) is 0.474. The van der Waals surface area contributed by atoms with Gasteiger partial charge in [0, 0.05) is 23.9 Å². The summed E-state index contributed by atoms with van der Waals surface area (Å²) in [4.78, 5) is 23.5. The molecule has 1 aromatic carbocycles. The van der Waals surface area contributed by atoms with E-state index in [2.05, 4.69) is 9.72 Å². The topological polar surface area (TPSA) is 107 Å². The molecular weight excluding hydrogens is 407 g/mol. The highest BCUT2D eigenvalue weighted by molar-refractivity contribution is 5.61. The van der Waals surface area contributed by atoms with E-state index in [0.717, 1.165) is 56.4 Å². The van der Waals surface area contributed by atoms with Gasteiger partial charge in [-0.25, -0.2) is 9.78 Å². The molecule has 2 aromatic rings. The first-order valence-corrected chi connectivity index (χ1v) is 9.49. The maximum Gasteiger partial charge on any atom is 0.511 e. The number of nitro benzene ring substituents is 1. The zero-order chi connectivity index (χ0) is 21.9. The molecule has 1 heterocycles. The van der Waals surface area contributed by atoms with Gasteiger partial charge in [0.05, 0.1) is 10.6 Å². The average molecular weight is 427 g/mol. The minimum absolute atomic E-state index is 0.0426. The summed E-state index contributed by atoms with van der Waals surface area (Å²) in [6.07, 6.45) is 0.426. The van der Waals surface area contributed by atoms with Crippen LogP contribution < -0.4 is 4.74 Å². The number of carbonyl (C=O) groups is 1. The molecule has 4 rings (SSSR count). The summed E-state index contributed by atoms with van der Waals surface area (Å²) in [5.41, 5.74) is 1.43. The van der Waals surface area contributed by atoms with Crippen molar-refractivity contribution in [3.63, 3.8) is 0 Å². The minimum Gasteiger partial charge on any atom is -0.449 e. The number of imidazole rings is 1. The van der Waals surface area contributed by atoms with Gasteiger partial charge in [-0.15, -0.1) is 0 Å². The molecule has 1 saturated carbocycles. The van der Waals surface area contributed by atoms with Gasteiger partial charge >= 0.3 is 12.3 Å². The number of nitro groups is 1. The molecule has 1 N–H and O–H groups in total. The quantitative estimate of drug-likeness (QED) is 0.314. The second-order valence-corrected chi connectivity index (χ2v) is 7.11. The van der Waals surface area contributed by atoms with E-state index in [0.29, 0.717) is 12.1 Å². The van der Waals surface area contributed by atoms with Crippen molar-refractivity contribution in [2.75, 3.05) is 0 Å². The number of carboxylic acid groups (broad SMARTS) is 1. The van der Waals surface area contributed by atoms with Crippen molar-refractivity contribution >= 4 is 11.8 Å².